The lowest BCUT2D eigenvalue weighted by Gasteiger charge is -2.11. The summed E-state index contributed by atoms with van der Waals surface area (Å²) in [5, 5.41) is 27.3. The fourth-order valence-corrected chi connectivity index (χ4v) is 2.32. The predicted octanol–water partition coefficient (Wildman–Crippen LogP) is 3.83. The predicted molar refractivity (Wildman–Crippen MR) is 148 cm³/mol. The van der Waals surface area contributed by atoms with Crippen molar-refractivity contribution in [2.45, 2.75) is 34.1 Å². The maximum atomic E-state index is 10.3. The third-order valence-corrected chi connectivity index (χ3v) is 4.26. The Bertz CT molecular complexity index is 949. The molecule has 2 aromatic carbocycles. The van der Waals surface area contributed by atoms with Gasteiger partial charge >= 0.3 is 5.97 Å². The monoisotopic (exact) mass is 501 g/mol. The van der Waals surface area contributed by atoms with Crippen molar-refractivity contribution < 1.29 is 19.7 Å². The van der Waals surface area contributed by atoms with Crippen molar-refractivity contribution in [3.05, 3.63) is 88.3 Å². The summed E-state index contributed by atoms with van der Waals surface area (Å²) in [4.78, 5) is 10.3. The van der Waals surface area contributed by atoms with E-state index in [1.54, 1.807) is 26.4 Å². The molecule has 0 heterocycles. The summed E-state index contributed by atoms with van der Waals surface area (Å²) in [5.41, 5.74) is 13.6. The number of carboxylic acid groups (broad SMARTS) is 1. The van der Waals surface area contributed by atoms with Gasteiger partial charge in [0.05, 0.1) is 17.2 Å². The molecule has 8 N–H and O–H groups in total. The zero-order valence-electron chi connectivity index (χ0n) is 22.7. The first-order valence-corrected chi connectivity index (χ1v) is 11.2. The number of aliphatic hydroxyl groups is 1. The van der Waals surface area contributed by atoms with E-state index >= 15 is 0 Å². The molecule has 0 bridgehead atoms. The summed E-state index contributed by atoms with van der Waals surface area (Å²) in [5.74, 6) is 4.60. The Labute approximate surface area is 216 Å². The smallest absolute Gasteiger partial charge is 0.335 e. The molecule has 2 aromatic rings. The molecular formula is C27H43N5O4. The van der Waals surface area contributed by atoms with Crippen LogP contribution in [0.25, 0.3) is 0 Å². The molecule has 0 aliphatic carbocycles. The van der Waals surface area contributed by atoms with E-state index in [1.165, 1.54) is 12.1 Å². The first-order valence-electron chi connectivity index (χ1n) is 11.2. The molecule has 0 aliphatic rings. The molecule has 200 valence electrons. The molecule has 0 saturated carbocycles. The van der Waals surface area contributed by atoms with Crippen molar-refractivity contribution in [2.24, 2.45) is 5.84 Å². The first-order chi connectivity index (χ1) is 17.2. The van der Waals surface area contributed by atoms with Crippen molar-refractivity contribution in [1.82, 2.24) is 10.7 Å². The Balaban J connectivity index is -0.000000535. The van der Waals surface area contributed by atoms with Gasteiger partial charge < -0.3 is 31.4 Å². The molecule has 2 rings (SSSR count). The van der Waals surface area contributed by atoms with Gasteiger partial charge in [0, 0.05) is 45.5 Å². The highest BCUT2D eigenvalue weighted by molar-refractivity contribution is 5.88. The van der Waals surface area contributed by atoms with Crippen LogP contribution in [0.15, 0.2) is 71.6 Å². The average molecular weight is 502 g/mol. The fourth-order valence-electron chi connectivity index (χ4n) is 2.32. The van der Waals surface area contributed by atoms with Gasteiger partial charge in [-0.25, -0.2) is 4.79 Å². The van der Waals surface area contributed by atoms with Gasteiger partial charge in [-0.15, -0.1) is 0 Å². The van der Waals surface area contributed by atoms with Gasteiger partial charge in [0.25, 0.3) is 0 Å². The van der Waals surface area contributed by atoms with Crippen LogP contribution in [0.5, 0.6) is 0 Å². The van der Waals surface area contributed by atoms with Crippen LogP contribution in [0.2, 0.25) is 0 Å². The number of hydrogen-bond acceptors (Lipinski definition) is 8. The number of benzene rings is 2. The number of aliphatic hydroxyl groups excluding tert-OH is 1. The number of nitrogens with zero attached hydrogens (tertiary/aromatic N) is 1. The number of methoxy groups -OCH3 is 1. The molecule has 36 heavy (non-hydrogen) atoms. The summed E-state index contributed by atoms with van der Waals surface area (Å²) in [6.45, 7) is 8.01. The highest BCUT2D eigenvalue weighted by Gasteiger charge is 2.02. The Morgan fingerprint density at radius 3 is 2.00 bits per heavy atom. The van der Waals surface area contributed by atoms with Gasteiger partial charge in [0.2, 0.25) is 0 Å². The van der Waals surface area contributed by atoms with E-state index in [2.05, 4.69) is 21.5 Å². The number of ether oxygens (including phenoxy) is 1. The number of nitriles is 1. The van der Waals surface area contributed by atoms with Crippen molar-refractivity contribution in [3.63, 3.8) is 0 Å². The Kier molecular flexibility index (Phi) is 24.8. The van der Waals surface area contributed by atoms with Gasteiger partial charge in [0.1, 0.15) is 0 Å². The molecule has 9 heteroatoms. The van der Waals surface area contributed by atoms with Crippen LogP contribution >= 0.6 is 0 Å². The molecule has 0 saturated heterocycles. The zero-order valence-corrected chi connectivity index (χ0v) is 22.7. The van der Waals surface area contributed by atoms with E-state index in [1.807, 2.05) is 65.1 Å². The highest BCUT2D eigenvalue weighted by atomic mass is 16.4. The summed E-state index contributed by atoms with van der Waals surface area (Å²) < 4.78 is 4.25. The van der Waals surface area contributed by atoms with Gasteiger partial charge in [-0.2, -0.15) is 5.26 Å². The maximum absolute atomic E-state index is 10.3. The number of carbonyl (C=O) groups is 1. The lowest BCUT2D eigenvalue weighted by atomic mass is 10.1. The summed E-state index contributed by atoms with van der Waals surface area (Å²) in [6, 6.07) is 15.8. The van der Waals surface area contributed by atoms with Crippen LogP contribution in [0.4, 0.5) is 5.69 Å². The Morgan fingerprint density at radius 2 is 1.64 bits per heavy atom. The number of aromatic carboxylic acids is 1. The van der Waals surface area contributed by atoms with E-state index in [-0.39, 0.29) is 5.56 Å². The third kappa shape index (κ3) is 16.7. The van der Waals surface area contributed by atoms with Gasteiger partial charge in [-0.1, -0.05) is 38.1 Å². The largest absolute Gasteiger partial charge is 0.478 e. The van der Waals surface area contributed by atoms with Crippen LogP contribution in [0, 0.1) is 11.3 Å². The number of hydrazine groups is 1. The molecule has 0 aromatic heterocycles. The lowest BCUT2D eigenvalue weighted by molar-refractivity contribution is 0.0697. The minimum atomic E-state index is -0.952. The second-order valence-electron chi connectivity index (χ2n) is 6.61. The molecular weight excluding hydrogens is 458 g/mol. The second-order valence-corrected chi connectivity index (χ2v) is 6.61. The highest BCUT2D eigenvalue weighted by Crippen LogP contribution is 2.12. The molecule has 0 radical (unpaired) electrons. The summed E-state index contributed by atoms with van der Waals surface area (Å²) in [7, 11) is 6.13. The van der Waals surface area contributed by atoms with Gasteiger partial charge in [0.15, 0.2) is 0 Å². The number of rotatable bonds is 6. The Morgan fingerprint density at radius 1 is 1.11 bits per heavy atom. The van der Waals surface area contributed by atoms with Crippen LogP contribution in [-0.2, 0) is 11.2 Å². The number of anilines is 1. The lowest BCUT2D eigenvalue weighted by Crippen LogP contribution is -2.23. The quantitative estimate of drug-likeness (QED) is 0.149. The van der Waals surface area contributed by atoms with Crippen molar-refractivity contribution in [3.8, 4) is 6.07 Å². The molecule has 0 atom stereocenters. The molecule has 0 amide bonds. The minimum absolute atomic E-state index is 0.222. The minimum Gasteiger partial charge on any atom is -0.478 e. The van der Waals surface area contributed by atoms with Crippen LogP contribution in [0.1, 0.15) is 49.2 Å². The van der Waals surface area contributed by atoms with Crippen molar-refractivity contribution in [1.29, 1.82) is 5.26 Å². The second kappa shape index (κ2) is 24.3. The third-order valence-electron chi connectivity index (χ3n) is 4.26. The number of nitrogens with one attached hydrogen (secondary N) is 2. The van der Waals surface area contributed by atoms with Gasteiger partial charge in [-0.3, -0.25) is 5.84 Å². The van der Waals surface area contributed by atoms with Gasteiger partial charge in [-0.05, 0) is 61.7 Å². The van der Waals surface area contributed by atoms with Crippen molar-refractivity contribution >= 4 is 11.7 Å². The number of hydrogen-bond donors (Lipinski definition) is 6. The molecule has 0 unspecified atom stereocenters. The van der Waals surface area contributed by atoms with E-state index in [4.69, 9.17) is 27.1 Å². The molecule has 0 fully saturated rings. The van der Waals surface area contributed by atoms with E-state index in [9.17, 15) is 4.79 Å². The molecule has 9 nitrogen and oxygen atoms in total. The van der Waals surface area contributed by atoms with E-state index in [0.717, 1.165) is 36.1 Å². The normalized spacial score (nSPS) is 9.97. The van der Waals surface area contributed by atoms with E-state index in [0.29, 0.717) is 11.3 Å². The van der Waals surface area contributed by atoms with Crippen LogP contribution in [-0.4, -0.2) is 44.6 Å². The Hall–Kier alpha value is -3.84. The standard InChI is InChI=1S/C15H20N4.C7H7NO2.C2H6O.C2H6.CH4O/c1-11(12(2)18-3)15(19-17)9-8-13-4-6-14(10-16)7-5-13;8-6-3-1-2-5(4-6)7(9)10;1-3-2;2*1-2/h4-7,9,18-19H,8,17H2,1-3H3;1-4H,8H2,(H,9,10);1-2H3;1-2H3;2H,1H3/b12-11+,15-9-;;;;. The summed E-state index contributed by atoms with van der Waals surface area (Å²) in [6.07, 6.45) is 2.80. The van der Waals surface area contributed by atoms with Crippen LogP contribution in [0.3, 0.4) is 0 Å². The molecule has 0 spiro atoms. The average Bonchev–Trinajstić information content (AvgIpc) is 2.91. The number of nitrogen functional groups attached to an aromatic ring is 1. The topological polar surface area (TPSA) is 167 Å². The number of carboxylic acids is 1. The first kappa shape index (κ1) is 36.7. The number of allylic oxidation sites excluding steroid dienone is 3. The fraction of sp³-hybridized carbons (Fsp3) is 0.333. The number of nitrogens with two attached hydrogens (primary N) is 2. The SMILES string of the molecule is CC.CN/C(C)=C(C)/C(=C/Cc1ccc(C#N)cc1)NN.CO.COC.Nc1cccc(C(=O)O)c1. The van der Waals surface area contributed by atoms with Crippen LogP contribution < -0.4 is 22.3 Å². The van der Waals surface area contributed by atoms with Crippen molar-refractivity contribution in [2.75, 3.05) is 34.1 Å². The maximum Gasteiger partial charge on any atom is 0.335 e. The zero-order chi connectivity index (χ0) is 28.5. The summed E-state index contributed by atoms with van der Waals surface area (Å²) >= 11 is 0. The van der Waals surface area contributed by atoms with E-state index < -0.39 is 5.97 Å². The molecule has 0 aliphatic heterocycles.